The molecule has 0 radical (unpaired) electrons. The second-order valence-electron chi connectivity index (χ2n) is 6.10. The molecule has 1 aromatic rings. The quantitative estimate of drug-likeness (QED) is 0.415. The molecule has 0 aliphatic carbocycles. The first-order chi connectivity index (χ1) is 12.0. The number of amides is 3. The number of hydrogen-bond acceptors (Lipinski definition) is 4. The molecular weight excluding hydrogens is 321 g/mol. The number of carbonyl (C=O) groups excluding carboxylic acids is 2. The first kappa shape index (κ1) is 19.0. The van der Waals surface area contributed by atoms with Gasteiger partial charge in [-0.25, -0.2) is 4.79 Å². The summed E-state index contributed by atoms with van der Waals surface area (Å²) in [6.07, 6.45) is 3.28. The number of benzene rings is 1. The van der Waals surface area contributed by atoms with E-state index in [1.54, 1.807) is 4.90 Å². The van der Waals surface area contributed by atoms with E-state index >= 15 is 0 Å². The number of nitrogens with zero attached hydrogens (tertiary/aromatic N) is 1. The van der Waals surface area contributed by atoms with Gasteiger partial charge in [-0.05, 0) is 30.9 Å². The number of urea groups is 1. The van der Waals surface area contributed by atoms with Crippen LogP contribution in [0.5, 0.6) is 0 Å². The first-order valence-electron chi connectivity index (χ1n) is 8.38. The Morgan fingerprint density at radius 2 is 2.08 bits per heavy atom. The second-order valence-corrected chi connectivity index (χ2v) is 6.10. The highest BCUT2D eigenvalue weighted by atomic mass is 16.4. The summed E-state index contributed by atoms with van der Waals surface area (Å²) in [6.45, 7) is 4.46. The van der Waals surface area contributed by atoms with Gasteiger partial charge in [0.05, 0.1) is 5.94 Å². The summed E-state index contributed by atoms with van der Waals surface area (Å²) in [5, 5.41) is 24.3. The Morgan fingerprint density at radius 1 is 1.36 bits per heavy atom. The number of likely N-dealkylation sites (tertiary alicyclic amines) is 1. The van der Waals surface area contributed by atoms with E-state index in [-0.39, 0.29) is 11.9 Å². The van der Waals surface area contributed by atoms with Gasteiger partial charge in [-0.1, -0.05) is 36.9 Å². The van der Waals surface area contributed by atoms with E-state index in [9.17, 15) is 19.6 Å². The fourth-order valence-electron chi connectivity index (χ4n) is 2.98. The average molecular weight is 345 g/mol. The van der Waals surface area contributed by atoms with Crippen LogP contribution in [0.4, 0.5) is 4.79 Å². The third kappa shape index (κ3) is 5.61. The summed E-state index contributed by atoms with van der Waals surface area (Å²) in [6, 6.07) is 8.71. The van der Waals surface area contributed by atoms with E-state index in [2.05, 4.69) is 17.2 Å². The molecule has 134 valence electrons. The number of nitrogens with one attached hydrogen (secondary N) is 2. The normalized spacial score (nSPS) is 17.7. The topological polar surface area (TPSA) is 102 Å². The van der Waals surface area contributed by atoms with Gasteiger partial charge in [0.15, 0.2) is 0 Å². The van der Waals surface area contributed by atoms with E-state index < -0.39 is 19.1 Å². The van der Waals surface area contributed by atoms with Crippen LogP contribution in [0, 0.1) is 0 Å². The van der Waals surface area contributed by atoms with Gasteiger partial charge < -0.3 is 25.6 Å². The zero-order valence-corrected chi connectivity index (χ0v) is 14.1. The maximum Gasteiger partial charge on any atom is 0.475 e. The van der Waals surface area contributed by atoms with Crippen LogP contribution >= 0.6 is 0 Å². The molecule has 2 atom stereocenters. The Morgan fingerprint density at radius 3 is 2.72 bits per heavy atom. The van der Waals surface area contributed by atoms with Crippen LogP contribution in [-0.2, 0) is 11.2 Å². The molecule has 2 unspecified atom stereocenters. The van der Waals surface area contributed by atoms with Crippen molar-refractivity contribution in [3.8, 4) is 0 Å². The minimum Gasteiger partial charge on any atom is -0.426 e. The van der Waals surface area contributed by atoms with Crippen molar-refractivity contribution in [2.24, 2.45) is 0 Å². The number of carbonyl (C=O) groups is 2. The van der Waals surface area contributed by atoms with E-state index in [1.165, 1.54) is 6.08 Å². The molecule has 3 amide bonds. The molecule has 1 saturated heterocycles. The molecular formula is C17H24BN3O4. The van der Waals surface area contributed by atoms with Crippen LogP contribution in [0.15, 0.2) is 43.0 Å². The molecule has 25 heavy (non-hydrogen) atoms. The SMILES string of the molecule is C=CC(=O)N1CCCC1CNC(=O)NC(Cc1ccccc1)B(O)O. The van der Waals surface area contributed by atoms with Crippen LogP contribution < -0.4 is 10.6 Å². The standard InChI is InChI=1S/C17H24BN3O4/c1-2-16(22)21-10-6-9-14(21)12-19-17(23)20-15(18(24)25)11-13-7-4-3-5-8-13/h2-5,7-8,14-15,24-25H,1,6,9-12H2,(H2,19,20,23). The van der Waals surface area contributed by atoms with Crippen molar-refractivity contribution in [2.45, 2.75) is 31.2 Å². The summed E-state index contributed by atoms with van der Waals surface area (Å²) >= 11 is 0. The van der Waals surface area contributed by atoms with Crippen LogP contribution in [0.25, 0.3) is 0 Å². The predicted octanol–water partition coefficient (Wildman–Crippen LogP) is 0.0859. The highest BCUT2D eigenvalue weighted by molar-refractivity contribution is 6.43. The molecule has 0 aromatic heterocycles. The molecule has 8 heteroatoms. The van der Waals surface area contributed by atoms with E-state index in [4.69, 9.17) is 0 Å². The number of rotatable bonds is 7. The monoisotopic (exact) mass is 345 g/mol. The molecule has 1 aliphatic rings. The largest absolute Gasteiger partial charge is 0.475 e. The minimum absolute atomic E-state index is 0.0668. The fraction of sp³-hybridized carbons (Fsp3) is 0.412. The third-order valence-electron chi connectivity index (χ3n) is 4.31. The van der Waals surface area contributed by atoms with Gasteiger partial charge >= 0.3 is 13.1 Å². The zero-order chi connectivity index (χ0) is 18.2. The first-order valence-corrected chi connectivity index (χ1v) is 8.38. The van der Waals surface area contributed by atoms with Crippen molar-refractivity contribution in [1.82, 2.24) is 15.5 Å². The third-order valence-corrected chi connectivity index (χ3v) is 4.31. The molecule has 1 aliphatic heterocycles. The van der Waals surface area contributed by atoms with Crippen molar-refractivity contribution >= 4 is 19.1 Å². The smallest absolute Gasteiger partial charge is 0.426 e. The van der Waals surface area contributed by atoms with Crippen LogP contribution in [0.3, 0.4) is 0 Å². The fourth-order valence-corrected chi connectivity index (χ4v) is 2.98. The van der Waals surface area contributed by atoms with Gasteiger partial charge in [-0.2, -0.15) is 0 Å². The van der Waals surface area contributed by atoms with Gasteiger partial charge in [-0.3, -0.25) is 4.79 Å². The van der Waals surface area contributed by atoms with Gasteiger partial charge in [0, 0.05) is 19.1 Å². The van der Waals surface area contributed by atoms with Crippen molar-refractivity contribution < 1.29 is 19.6 Å². The van der Waals surface area contributed by atoms with Crippen molar-refractivity contribution in [3.05, 3.63) is 48.6 Å². The average Bonchev–Trinajstić information content (AvgIpc) is 3.08. The summed E-state index contributed by atoms with van der Waals surface area (Å²) in [5.41, 5.74) is 0.888. The lowest BCUT2D eigenvalue weighted by Crippen LogP contribution is -2.53. The Labute approximate surface area is 147 Å². The van der Waals surface area contributed by atoms with Crippen molar-refractivity contribution in [3.63, 3.8) is 0 Å². The maximum atomic E-state index is 12.1. The van der Waals surface area contributed by atoms with E-state index in [1.807, 2.05) is 30.3 Å². The Hall–Kier alpha value is -2.32. The van der Waals surface area contributed by atoms with Gasteiger partial charge in [0.25, 0.3) is 0 Å². The van der Waals surface area contributed by atoms with Crippen LogP contribution in [0.1, 0.15) is 18.4 Å². The lowest BCUT2D eigenvalue weighted by molar-refractivity contribution is -0.126. The summed E-state index contributed by atoms with van der Waals surface area (Å²) < 4.78 is 0. The summed E-state index contributed by atoms with van der Waals surface area (Å²) in [4.78, 5) is 25.5. The van der Waals surface area contributed by atoms with Crippen molar-refractivity contribution in [2.75, 3.05) is 13.1 Å². The molecule has 1 aromatic carbocycles. The van der Waals surface area contributed by atoms with Gasteiger partial charge in [0.1, 0.15) is 0 Å². The Bertz CT molecular complexity index is 597. The van der Waals surface area contributed by atoms with Gasteiger partial charge in [-0.15, -0.1) is 0 Å². The number of hydrogen-bond donors (Lipinski definition) is 4. The molecule has 0 bridgehead atoms. The van der Waals surface area contributed by atoms with E-state index in [0.717, 1.165) is 18.4 Å². The molecule has 1 heterocycles. The van der Waals surface area contributed by atoms with E-state index in [0.29, 0.717) is 19.5 Å². The minimum atomic E-state index is -1.67. The molecule has 0 saturated carbocycles. The Balaban J connectivity index is 1.84. The van der Waals surface area contributed by atoms with Crippen LogP contribution in [0.2, 0.25) is 0 Å². The highest BCUT2D eigenvalue weighted by Gasteiger charge is 2.29. The zero-order valence-electron chi connectivity index (χ0n) is 14.1. The molecule has 7 nitrogen and oxygen atoms in total. The second kappa shape index (κ2) is 9.24. The lowest BCUT2D eigenvalue weighted by atomic mass is 9.76. The molecule has 0 spiro atoms. The summed E-state index contributed by atoms with van der Waals surface area (Å²) in [7, 11) is -1.67. The molecule has 1 fully saturated rings. The van der Waals surface area contributed by atoms with Crippen LogP contribution in [-0.4, -0.2) is 59.1 Å². The lowest BCUT2D eigenvalue weighted by Gasteiger charge is -2.24. The summed E-state index contributed by atoms with van der Waals surface area (Å²) in [5.74, 6) is -0.964. The predicted molar refractivity (Wildman–Crippen MR) is 95.6 cm³/mol. The Kier molecular flexibility index (Phi) is 7.03. The highest BCUT2D eigenvalue weighted by Crippen LogP contribution is 2.16. The molecule has 2 rings (SSSR count). The van der Waals surface area contributed by atoms with Gasteiger partial charge in [0.2, 0.25) is 5.91 Å². The van der Waals surface area contributed by atoms with Crippen molar-refractivity contribution in [1.29, 1.82) is 0 Å². The molecule has 4 N–H and O–H groups in total. The maximum absolute atomic E-state index is 12.1.